The number of aliphatic hydroxyl groups is 1. The molecule has 2 N–H and O–H groups in total. The van der Waals surface area contributed by atoms with Gasteiger partial charge in [0.25, 0.3) is 0 Å². The molecule has 1 aromatic heterocycles. The number of nitrogens with one attached hydrogen (secondary N) is 1. The Morgan fingerprint density at radius 3 is 2.65 bits per heavy atom. The number of halogens is 2. The number of carbonyl (C=O) groups is 1. The summed E-state index contributed by atoms with van der Waals surface area (Å²) in [4.78, 5) is 27.6. The van der Waals surface area contributed by atoms with Gasteiger partial charge in [-0.3, -0.25) is 4.79 Å². The largest absolute Gasteiger partial charge is 0.483 e. The van der Waals surface area contributed by atoms with Crippen molar-refractivity contribution in [1.29, 1.82) is 5.26 Å². The number of nitrogens with zero attached hydrogens (tertiary/aromatic N) is 6. The number of hydrogen-bond acceptors (Lipinski definition) is 10. The zero-order chi connectivity index (χ0) is 28.1. The number of aromatic nitrogens is 3. The van der Waals surface area contributed by atoms with Crippen LogP contribution in [0.15, 0.2) is 48.8 Å². The first-order valence-electron chi connectivity index (χ1n) is 12.7. The van der Waals surface area contributed by atoms with Crippen LogP contribution < -0.4 is 15.0 Å². The van der Waals surface area contributed by atoms with Gasteiger partial charge in [-0.2, -0.15) is 10.2 Å². The van der Waals surface area contributed by atoms with Crippen LogP contribution >= 0.6 is 0 Å². The van der Waals surface area contributed by atoms with Crippen LogP contribution in [0.2, 0.25) is 0 Å². The monoisotopic (exact) mass is 551 g/mol. The van der Waals surface area contributed by atoms with E-state index in [1.165, 1.54) is 18.5 Å². The number of anilines is 3. The van der Waals surface area contributed by atoms with Gasteiger partial charge in [-0.25, -0.2) is 18.7 Å². The third kappa shape index (κ3) is 6.08. The number of likely N-dealkylation sites (tertiary alicyclic amines) is 1. The Balaban J connectivity index is 1.28. The summed E-state index contributed by atoms with van der Waals surface area (Å²) in [6.45, 7) is 1.39. The molecule has 13 heteroatoms. The molecule has 11 nitrogen and oxygen atoms in total. The highest BCUT2D eigenvalue weighted by molar-refractivity contribution is 5.77. The predicted molar refractivity (Wildman–Crippen MR) is 140 cm³/mol. The first-order chi connectivity index (χ1) is 19.4. The molecule has 0 radical (unpaired) electrons. The first kappa shape index (κ1) is 27.2. The smallest absolute Gasteiger partial charge is 0.301 e. The molecule has 5 rings (SSSR count). The van der Waals surface area contributed by atoms with E-state index in [-0.39, 0.29) is 30.1 Å². The van der Waals surface area contributed by atoms with Crippen molar-refractivity contribution in [2.45, 2.75) is 18.4 Å². The Hall–Kier alpha value is -4.41. The summed E-state index contributed by atoms with van der Waals surface area (Å²) >= 11 is 0. The second kappa shape index (κ2) is 11.8. The summed E-state index contributed by atoms with van der Waals surface area (Å²) in [5, 5.41) is 21.8. The summed E-state index contributed by atoms with van der Waals surface area (Å²) in [6, 6.07) is 14.3. The van der Waals surface area contributed by atoms with Crippen LogP contribution in [-0.4, -0.2) is 88.9 Å². The quantitative estimate of drug-likeness (QED) is 0.451. The first-order valence-corrected chi connectivity index (χ1v) is 12.7. The molecule has 1 atom stereocenters. The molecule has 2 fully saturated rings. The van der Waals surface area contributed by atoms with E-state index in [4.69, 9.17) is 14.6 Å². The number of hydrogen-bond donors (Lipinski definition) is 2. The van der Waals surface area contributed by atoms with Crippen LogP contribution in [0.4, 0.5) is 26.1 Å². The van der Waals surface area contributed by atoms with Crippen LogP contribution in [0, 0.1) is 11.3 Å². The summed E-state index contributed by atoms with van der Waals surface area (Å²) in [5.74, 6) is -3.55. The summed E-state index contributed by atoms with van der Waals surface area (Å²) < 4.78 is 40.3. The zero-order valence-electron chi connectivity index (χ0n) is 21.5. The maximum atomic E-state index is 14.7. The molecule has 1 amide bonds. The number of aliphatic hydroxyl groups excluding tert-OH is 1. The van der Waals surface area contributed by atoms with Crippen molar-refractivity contribution in [2.24, 2.45) is 0 Å². The molecular weight excluding hydrogens is 524 g/mol. The Morgan fingerprint density at radius 1 is 1.18 bits per heavy atom. The molecule has 0 aliphatic carbocycles. The highest BCUT2D eigenvalue weighted by atomic mass is 19.3. The standard InChI is InChI=1S/C27H27F2N7O4/c28-27(29)16-36(24(38)15-37)8-7-23(27)40-22-6-1-18(13-19(22)14-30)25-31-17-32-26(34-25)33-20-2-4-21(5-3-20)35-9-11-39-12-10-35/h1-6,13,17,23,37H,7-12,15-16H2,(H,31,32,33,34). The van der Waals surface area contributed by atoms with Gasteiger partial charge in [0, 0.05) is 43.0 Å². The minimum Gasteiger partial charge on any atom is -0.483 e. The van der Waals surface area contributed by atoms with Crippen LogP contribution in [0.5, 0.6) is 5.75 Å². The number of morpholine rings is 1. The van der Waals surface area contributed by atoms with Crippen molar-refractivity contribution in [2.75, 3.05) is 56.2 Å². The Labute approximate surface area is 229 Å². The molecule has 0 bridgehead atoms. The van der Waals surface area contributed by atoms with Crippen LogP contribution in [0.3, 0.4) is 0 Å². The lowest BCUT2D eigenvalue weighted by atomic mass is 10.0. The van der Waals surface area contributed by atoms with E-state index in [1.807, 2.05) is 30.3 Å². The molecular formula is C27H27F2N7O4. The fourth-order valence-corrected chi connectivity index (χ4v) is 4.59. The van der Waals surface area contributed by atoms with Gasteiger partial charge in [0.15, 0.2) is 11.9 Å². The Bertz CT molecular complexity index is 1390. The summed E-state index contributed by atoms with van der Waals surface area (Å²) in [5.41, 5.74) is 2.39. The van der Waals surface area contributed by atoms with Crippen molar-refractivity contribution in [3.63, 3.8) is 0 Å². The molecule has 2 aliphatic heterocycles. The molecule has 1 unspecified atom stereocenters. The summed E-state index contributed by atoms with van der Waals surface area (Å²) in [7, 11) is 0. The van der Waals surface area contributed by atoms with E-state index in [0.29, 0.717) is 24.7 Å². The Morgan fingerprint density at radius 2 is 1.95 bits per heavy atom. The lowest BCUT2D eigenvalue weighted by molar-refractivity contribution is -0.161. The minimum absolute atomic E-state index is 0.00868. The second-order valence-corrected chi connectivity index (χ2v) is 9.36. The van der Waals surface area contributed by atoms with E-state index in [9.17, 15) is 18.8 Å². The number of ether oxygens (including phenoxy) is 2. The van der Waals surface area contributed by atoms with Gasteiger partial charge in [-0.15, -0.1) is 0 Å². The number of benzene rings is 2. The molecule has 0 saturated carbocycles. The van der Waals surface area contributed by atoms with Crippen molar-refractivity contribution in [3.05, 3.63) is 54.4 Å². The fraction of sp³-hybridized carbons (Fsp3) is 0.370. The van der Waals surface area contributed by atoms with E-state index in [0.717, 1.165) is 29.4 Å². The molecule has 40 heavy (non-hydrogen) atoms. The van der Waals surface area contributed by atoms with Crippen LogP contribution in [0.25, 0.3) is 11.4 Å². The summed E-state index contributed by atoms with van der Waals surface area (Å²) in [6.07, 6.45) is -0.345. The van der Waals surface area contributed by atoms with Crippen molar-refractivity contribution < 1.29 is 28.2 Å². The zero-order valence-corrected chi connectivity index (χ0v) is 21.5. The van der Waals surface area contributed by atoms with Gasteiger partial charge in [-0.1, -0.05) is 0 Å². The highest BCUT2D eigenvalue weighted by Crippen LogP contribution is 2.33. The normalized spacial score (nSPS) is 18.6. The number of carbonyl (C=O) groups excluding carboxylic acids is 1. The van der Waals surface area contributed by atoms with E-state index >= 15 is 0 Å². The average molecular weight is 552 g/mol. The van der Waals surface area contributed by atoms with Gasteiger partial charge in [0.05, 0.1) is 25.3 Å². The lowest BCUT2D eigenvalue weighted by Crippen LogP contribution is -2.55. The second-order valence-electron chi connectivity index (χ2n) is 9.36. The van der Waals surface area contributed by atoms with Crippen LogP contribution in [0.1, 0.15) is 12.0 Å². The fourth-order valence-electron chi connectivity index (χ4n) is 4.59. The molecule has 0 spiro atoms. The number of amides is 1. The molecule has 208 valence electrons. The predicted octanol–water partition coefficient (Wildman–Crippen LogP) is 2.60. The van der Waals surface area contributed by atoms with E-state index < -0.39 is 31.1 Å². The van der Waals surface area contributed by atoms with Crippen LogP contribution in [-0.2, 0) is 9.53 Å². The van der Waals surface area contributed by atoms with Gasteiger partial charge < -0.3 is 29.7 Å². The van der Waals surface area contributed by atoms with Crippen molar-refractivity contribution in [1.82, 2.24) is 19.9 Å². The molecule has 2 saturated heterocycles. The topological polar surface area (TPSA) is 137 Å². The molecule has 2 aliphatic rings. The van der Waals surface area contributed by atoms with Crippen molar-refractivity contribution >= 4 is 23.2 Å². The Kier molecular flexibility index (Phi) is 7.99. The number of piperidine rings is 1. The average Bonchev–Trinajstić information content (AvgIpc) is 2.98. The van der Waals surface area contributed by atoms with Gasteiger partial charge in [0.1, 0.15) is 24.8 Å². The maximum absolute atomic E-state index is 14.7. The van der Waals surface area contributed by atoms with E-state index in [2.05, 4.69) is 25.2 Å². The number of nitriles is 1. The third-order valence-electron chi connectivity index (χ3n) is 6.72. The number of alkyl halides is 2. The van der Waals surface area contributed by atoms with Crippen molar-refractivity contribution in [3.8, 4) is 23.2 Å². The SMILES string of the molecule is N#Cc1cc(-c2ncnc(Nc3ccc(N4CCOCC4)cc3)n2)ccc1OC1CCN(C(=O)CO)CC1(F)F. The molecule has 3 aromatic rings. The lowest BCUT2D eigenvalue weighted by Gasteiger charge is -2.38. The van der Waals surface area contributed by atoms with E-state index in [1.54, 1.807) is 6.07 Å². The molecule has 3 heterocycles. The van der Waals surface area contributed by atoms with Gasteiger partial charge in [-0.05, 0) is 42.5 Å². The number of rotatable bonds is 7. The highest BCUT2D eigenvalue weighted by Gasteiger charge is 2.47. The maximum Gasteiger partial charge on any atom is 0.301 e. The molecule has 2 aromatic carbocycles. The third-order valence-corrected chi connectivity index (χ3v) is 6.72. The van der Waals surface area contributed by atoms with Gasteiger partial charge >= 0.3 is 5.92 Å². The minimum atomic E-state index is -3.36. The van der Waals surface area contributed by atoms with Gasteiger partial charge in [0.2, 0.25) is 11.9 Å².